The molecule has 0 aliphatic rings. The fourth-order valence-electron chi connectivity index (χ4n) is 3.06. The van der Waals surface area contributed by atoms with Crippen LogP contribution < -0.4 is 15.5 Å². The molecule has 3 aromatic carbocycles. The van der Waals surface area contributed by atoms with Crippen LogP contribution in [0.1, 0.15) is 11.1 Å². The van der Waals surface area contributed by atoms with Crippen molar-refractivity contribution in [1.82, 2.24) is 4.72 Å². The average molecular weight is 478 g/mol. The molecule has 0 radical (unpaired) electrons. The minimum atomic E-state index is -3.87. The van der Waals surface area contributed by atoms with E-state index < -0.39 is 10.0 Å². The SMILES string of the molecule is Cc1ccc2occ(C=Nc3ccc(S(=O)(=O)NC(=S)Nc4ccccc4)cc3)c(=O)c2c1. The van der Waals surface area contributed by atoms with Crippen molar-refractivity contribution in [2.24, 2.45) is 4.99 Å². The first kappa shape index (κ1) is 22.4. The Kier molecular flexibility index (Phi) is 6.34. The van der Waals surface area contributed by atoms with Gasteiger partial charge in [-0.2, -0.15) is 0 Å². The molecule has 2 N–H and O–H groups in total. The van der Waals surface area contributed by atoms with Crippen molar-refractivity contribution in [2.75, 3.05) is 5.32 Å². The van der Waals surface area contributed by atoms with Crippen LogP contribution in [0, 0.1) is 6.92 Å². The van der Waals surface area contributed by atoms with Gasteiger partial charge in [0, 0.05) is 11.9 Å². The first-order chi connectivity index (χ1) is 15.8. The molecule has 1 aromatic heterocycles. The molecule has 0 atom stereocenters. The van der Waals surface area contributed by atoms with Crippen molar-refractivity contribution < 1.29 is 12.8 Å². The number of rotatable bonds is 5. The molecule has 0 unspecified atom stereocenters. The molecule has 0 aliphatic carbocycles. The van der Waals surface area contributed by atoms with Gasteiger partial charge in [-0.3, -0.25) is 14.5 Å². The number of hydrogen-bond acceptors (Lipinski definition) is 6. The lowest BCUT2D eigenvalue weighted by Crippen LogP contribution is -2.34. The van der Waals surface area contributed by atoms with Gasteiger partial charge in [0.25, 0.3) is 10.0 Å². The molecular formula is C24H19N3O4S2. The number of sulfonamides is 1. The van der Waals surface area contributed by atoms with Crippen LogP contribution in [0.25, 0.3) is 11.0 Å². The highest BCUT2D eigenvalue weighted by Gasteiger charge is 2.15. The van der Waals surface area contributed by atoms with Gasteiger partial charge in [-0.1, -0.05) is 29.8 Å². The maximum atomic E-state index is 12.7. The lowest BCUT2D eigenvalue weighted by molar-refractivity contribution is 0.593. The topological polar surface area (TPSA) is 101 Å². The van der Waals surface area contributed by atoms with Crippen molar-refractivity contribution in [1.29, 1.82) is 0 Å². The number of fused-ring (bicyclic) bond motifs is 1. The first-order valence-electron chi connectivity index (χ1n) is 9.87. The van der Waals surface area contributed by atoms with E-state index in [-0.39, 0.29) is 15.4 Å². The lowest BCUT2D eigenvalue weighted by Gasteiger charge is -2.11. The Morgan fingerprint density at radius 1 is 1.03 bits per heavy atom. The van der Waals surface area contributed by atoms with Crippen molar-refractivity contribution in [3.05, 3.63) is 100 Å². The van der Waals surface area contributed by atoms with Gasteiger partial charge in [-0.15, -0.1) is 0 Å². The van der Waals surface area contributed by atoms with E-state index in [1.165, 1.54) is 36.7 Å². The summed E-state index contributed by atoms with van der Waals surface area (Å²) in [6, 6.07) is 20.3. The molecule has 33 heavy (non-hydrogen) atoms. The number of nitrogens with one attached hydrogen (secondary N) is 2. The van der Waals surface area contributed by atoms with Crippen LogP contribution in [0.3, 0.4) is 0 Å². The highest BCUT2D eigenvalue weighted by molar-refractivity contribution is 7.92. The normalized spacial score (nSPS) is 11.5. The van der Waals surface area contributed by atoms with Crippen LogP contribution in [0.4, 0.5) is 11.4 Å². The summed E-state index contributed by atoms with van der Waals surface area (Å²) in [7, 11) is -3.87. The van der Waals surface area contributed by atoms with Gasteiger partial charge in [-0.05, 0) is 67.7 Å². The fraction of sp³-hybridized carbons (Fsp3) is 0.0417. The first-order valence-corrected chi connectivity index (χ1v) is 11.8. The molecule has 0 fully saturated rings. The Morgan fingerprint density at radius 2 is 1.76 bits per heavy atom. The van der Waals surface area contributed by atoms with E-state index in [4.69, 9.17) is 16.6 Å². The van der Waals surface area contributed by atoms with E-state index in [0.717, 1.165) is 5.56 Å². The van der Waals surface area contributed by atoms with E-state index >= 15 is 0 Å². The van der Waals surface area contributed by atoms with E-state index in [0.29, 0.717) is 27.9 Å². The summed E-state index contributed by atoms with van der Waals surface area (Å²) in [5, 5.41) is 3.26. The van der Waals surface area contributed by atoms with Crippen molar-refractivity contribution in [3.8, 4) is 0 Å². The van der Waals surface area contributed by atoms with Crippen molar-refractivity contribution in [3.63, 3.8) is 0 Å². The maximum Gasteiger partial charge on any atom is 0.263 e. The van der Waals surface area contributed by atoms with Crippen LogP contribution in [-0.4, -0.2) is 19.7 Å². The third-order valence-electron chi connectivity index (χ3n) is 4.71. The van der Waals surface area contributed by atoms with Crippen LogP contribution in [0.2, 0.25) is 0 Å². The molecule has 0 saturated carbocycles. The highest BCUT2D eigenvalue weighted by atomic mass is 32.2. The van der Waals surface area contributed by atoms with Gasteiger partial charge in [-0.25, -0.2) is 8.42 Å². The van der Waals surface area contributed by atoms with Gasteiger partial charge in [0.2, 0.25) is 5.43 Å². The van der Waals surface area contributed by atoms with Crippen LogP contribution in [-0.2, 0) is 10.0 Å². The van der Waals surface area contributed by atoms with Crippen LogP contribution in [0.15, 0.2) is 98.2 Å². The largest absolute Gasteiger partial charge is 0.463 e. The zero-order valence-electron chi connectivity index (χ0n) is 17.5. The van der Waals surface area contributed by atoms with Crippen LogP contribution in [0.5, 0.6) is 0 Å². The zero-order valence-corrected chi connectivity index (χ0v) is 19.1. The molecule has 1 heterocycles. The maximum absolute atomic E-state index is 12.7. The molecule has 4 rings (SSSR count). The molecule has 0 bridgehead atoms. The molecule has 7 nitrogen and oxygen atoms in total. The fourth-order valence-corrected chi connectivity index (χ4v) is 4.42. The summed E-state index contributed by atoms with van der Waals surface area (Å²) >= 11 is 5.10. The number of nitrogens with zero attached hydrogens (tertiary/aromatic N) is 1. The molecular weight excluding hydrogens is 458 g/mol. The minimum Gasteiger partial charge on any atom is -0.463 e. The summed E-state index contributed by atoms with van der Waals surface area (Å²) < 4.78 is 33.0. The van der Waals surface area contributed by atoms with Crippen LogP contribution >= 0.6 is 12.2 Å². The Morgan fingerprint density at radius 3 is 2.48 bits per heavy atom. The standard InChI is InChI=1S/C24H19N3O4S2/c1-16-7-12-22-21(13-16)23(28)17(15-31-22)14-25-18-8-10-20(11-9-18)33(29,30)27-24(32)26-19-5-3-2-4-6-19/h2-15H,1H3,(H2,26,27,32). The number of aryl methyl sites for hydroxylation is 1. The number of anilines is 1. The summed E-state index contributed by atoms with van der Waals surface area (Å²) in [4.78, 5) is 17.0. The molecule has 0 spiro atoms. The van der Waals surface area contributed by atoms with Gasteiger partial charge in [0.05, 0.1) is 21.5 Å². The lowest BCUT2D eigenvalue weighted by atomic mass is 10.1. The second-order valence-corrected chi connectivity index (χ2v) is 9.29. The molecule has 0 saturated heterocycles. The number of benzene rings is 3. The zero-order chi connectivity index (χ0) is 23.4. The molecule has 166 valence electrons. The van der Waals surface area contributed by atoms with Crippen molar-refractivity contribution >= 4 is 55.9 Å². The van der Waals surface area contributed by atoms with E-state index in [1.54, 1.807) is 24.3 Å². The average Bonchev–Trinajstić information content (AvgIpc) is 2.79. The predicted octanol–water partition coefficient (Wildman–Crippen LogP) is 4.53. The summed E-state index contributed by atoms with van der Waals surface area (Å²) in [6.45, 7) is 1.90. The summed E-state index contributed by atoms with van der Waals surface area (Å²) in [5.74, 6) is 0. The number of para-hydroxylation sites is 1. The third-order valence-corrected chi connectivity index (χ3v) is 6.41. The van der Waals surface area contributed by atoms with Gasteiger partial charge < -0.3 is 9.73 Å². The highest BCUT2D eigenvalue weighted by Crippen LogP contribution is 2.17. The predicted molar refractivity (Wildman–Crippen MR) is 134 cm³/mol. The van der Waals surface area contributed by atoms with E-state index in [2.05, 4.69) is 15.0 Å². The molecule has 0 aliphatic heterocycles. The Hall–Kier alpha value is -3.82. The molecule has 4 aromatic rings. The number of hydrogen-bond donors (Lipinski definition) is 2. The number of aliphatic imine (C=N–C) groups is 1. The molecule has 0 amide bonds. The van der Waals surface area contributed by atoms with E-state index in [9.17, 15) is 13.2 Å². The quantitative estimate of drug-likeness (QED) is 0.324. The van der Waals surface area contributed by atoms with E-state index in [1.807, 2.05) is 31.2 Å². The Balaban J connectivity index is 1.48. The second kappa shape index (κ2) is 9.35. The third kappa shape index (κ3) is 5.33. The summed E-state index contributed by atoms with van der Waals surface area (Å²) in [6.07, 6.45) is 2.75. The minimum absolute atomic E-state index is 0.0272. The van der Waals surface area contributed by atoms with Gasteiger partial charge >= 0.3 is 0 Å². The number of thiocarbonyl (C=S) groups is 1. The van der Waals surface area contributed by atoms with Gasteiger partial charge in [0.1, 0.15) is 11.8 Å². The second-order valence-electron chi connectivity index (χ2n) is 7.20. The summed E-state index contributed by atoms with van der Waals surface area (Å²) in [5.41, 5.74) is 2.71. The Labute approximate surface area is 195 Å². The molecule has 9 heteroatoms. The van der Waals surface area contributed by atoms with Gasteiger partial charge in [0.15, 0.2) is 5.11 Å². The monoisotopic (exact) mass is 477 g/mol. The Bertz CT molecular complexity index is 1510. The smallest absolute Gasteiger partial charge is 0.263 e. The van der Waals surface area contributed by atoms with Crippen molar-refractivity contribution in [2.45, 2.75) is 11.8 Å².